The summed E-state index contributed by atoms with van der Waals surface area (Å²) in [6, 6.07) is 140. The topological polar surface area (TPSA) is 23.0 Å². The molecule has 4 aliphatic rings. The summed E-state index contributed by atoms with van der Waals surface area (Å²) >= 11 is 0. The van der Waals surface area contributed by atoms with Gasteiger partial charge in [0.1, 0.15) is 0 Å². The molecular weight excluding hydrogens is 1590 g/mol. The van der Waals surface area contributed by atoms with Gasteiger partial charge >= 0.3 is 0 Å². The zero-order valence-corrected chi connectivity index (χ0v) is 77.1. The molecule has 8 heterocycles. The van der Waals surface area contributed by atoms with Crippen molar-refractivity contribution in [1.82, 2.24) is 18.3 Å². The van der Waals surface area contributed by atoms with Gasteiger partial charge in [0, 0.05) is 93.8 Å². The van der Waals surface area contributed by atoms with E-state index < -0.39 is 0 Å². The summed E-state index contributed by atoms with van der Waals surface area (Å²) in [6.45, 7) is 28.4. The van der Waals surface area contributed by atoms with E-state index in [1.165, 1.54) is 242 Å². The van der Waals surface area contributed by atoms with Gasteiger partial charge in [-0.3, -0.25) is 0 Å². The van der Waals surface area contributed by atoms with Crippen LogP contribution in [0.1, 0.15) is 109 Å². The van der Waals surface area contributed by atoms with E-state index in [0.29, 0.717) is 17.8 Å². The fourth-order valence-corrected chi connectivity index (χ4v) is 24.6. The Morgan fingerprint density at radius 2 is 0.561 bits per heavy atom. The molecule has 0 aliphatic carbocycles. The van der Waals surface area contributed by atoms with Crippen molar-refractivity contribution in [2.45, 2.75) is 101 Å². The molecule has 9 heteroatoms. The second-order valence-electron chi connectivity index (χ2n) is 38.5. The summed E-state index contributed by atoms with van der Waals surface area (Å²) in [5.74, 6) is 1.43. The van der Waals surface area contributed by atoms with E-state index in [9.17, 15) is 0 Å². The highest BCUT2D eigenvalue weighted by molar-refractivity contribution is 7.00. The Bertz CT molecular complexity index is 8150. The van der Waals surface area contributed by atoms with Crippen molar-refractivity contribution in [3.63, 3.8) is 0 Å². The first-order valence-electron chi connectivity index (χ1n) is 47.4. The summed E-state index contributed by atoms with van der Waals surface area (Å²) in [5.41, 5.74) is 50.7. The van der Waals surface area contributed by atoms with Crippen LogP contribution in [0, 0.1) is 41.5 Å². The zero-order valence-electron chi connectivity index (χ0n) is 77.1. The first-order valence-corrected chi connectivity index (χ1v) is 47.4. The van der Waals surface area contributed by atoms with E-state index in [1.807, 2.05) is 0 Å². The number of anilines is 3. The summed E-state index contributed by atoms with van der Waals surface area (Å²) in [7, 11) is 0. The van der Waals surface area contributed by atoms with Crippen molar-refractivity contribution in [3.05, 3.63) is 426 Å². The van der Waals surface area contributed by atoms with E-state index in [1.54, 1.807) is 0 Å². The average molecular weight is 1690 g/mol. The van der Waals surface area contributed by atoms with Crippen molar-refractivity contribution in [2.24, 2.45) is 0 Å². The van der Waals surface area contributed by atoms with Crippen LogP contribution in [0.3, 0.4) is 0 Å². The Balaban J connectivity index is 0.000000114. The van der Waals surface area contributed by atoms with Crippen LogP contribution >= 0.6 is 0 Å². The third kappa shape index (κ3) is 12.3. The maximum absolute atomic E-state index is 2.57. The summed E-state index contributed by atoms with van der Waals surface area (Å²) in [6.07, 6.45) is 0. The predicted octanol–water partition coefficient (Wildman–Crippen LogP) is 23.1. The molecule has 0 N–H and O–H groups in total. The molecule has 18 aromatic carbocycles. The molecule has 4 aliphatic heterocycles. The Morgan fingerprint density at radius 3 is 1.01 bits per heavy atom. The monoisotopic (exact) mass is 1690 g/mol. The number of rotatable bonds is 11. The van der Waals surface area contributed by atoms with Crippen LogP contribution in [0.2, 0.25) is 0 Å². The van der Waals surface area contributed by atoms with E-state index >= 15 is 0 Å². The minimum atomic E-state index is 0.149. The highest BCUT2D eigenvalue weighted by Crippen LogP contribution is 2.48. The van der Waals surface area contributed by atoms with Crippen molar-refractivity contribution in [2.75, 3.05) is 4.90 Å². The second kappa shape index (κ2) is 31.5. The quantitative estimate of drug-likeness (QED) is 0.118. The molecule has 132 heavy (non-hydrogen) atoms. The first kappa shape index (κ1) is 80.5. The third-order valence-electron chi connectivity index (χ3n) is 29.6. The molecule has 5 nitrogen and oxygen atoms in total. The molecule has 630 valence electrons. The maximum Gasteiger partial charge on any atom is 0.247 e. The van der Waals surface area contributed by atoms with Crippen LogP contribution < -0.4 is 70.5 Å². The number of benzene rings is 18. The Hall–Kier alpha value is -14.8. The van der Waals surface area contributed by atoms with Crippen molar-refractivity contribution >= 4 is 197 Å². The zero-order chi connectivity index (χ0) is 89.3. The molecule has 0 bridgehead atoms. The lowest BCUT2D eigenvalue weighted by molar-refractivity contribution is 0.812. The van der Waals surface area contributed by atoms with Gasteiger partial charge < -0.3 is 23.2 Å². The number of para-hydroxylation sites is 11. The molecule has 4 aromatic heterocycles. The van der Waals surface area contributed by atoms with E-state index in [-0.39, 0.29) is 26.9 Å². The van der Waals surface area contributed by atoms with Crippen LogP contribution in [-0.2, 0) is 0 Å². The van der Waals surface area contributed by atoms with Gasteiger partial charge in [0.05, 0.1) is 33.3 Å². The minimum absolute atomic E-state index is 0.149. The van der Waals surface area contributed by atoms with Crippen molar-refractivity contribution in [1.29, 1.82) is 0 Å². The van der Waals surface area contributed by atoms with Gasteiger partial charge in [0.15, 0.2) is 0 Å². The largest absolute Gasteiger partial charge is 0.310 e. The van der Waals surface area contributed by atoms with Gasteiger partial charge in [-0.15, -0.1) is 0 Å². The average Bonchev–Trinajstić information content (AvgIpc) is 1.54. The van der Waals surface area contributed by atoms with Crippen LogP contribution in [0.15, 0.2) is 376 Å². The summed E-state index contributed by atoms with van der Waals surface area (Å²) in [4.78, 5) is 2.40. The molecule has 0 unspecified atom stereocenters. The normalized spacial score (nSPS) is 12.7. The number of hydrogen-bond acceptors (Lipinski definition) is 1. The van der Waals surface area contributed by atoms with E-state index in [0.717, 1.165) is 11.4 Å². The Morgan fingerprint density at radius 1 is 0.235 bits per heavy atom. The second-order valence-corrected chi connectivity index (χ2v) is 38.5. The molecular formula is C123H101B4N5. The maximum atomic E-state index is 2.57. The molecule has 22 aromatic rings. The SMILES string of the molecule is CC(C)c1cc(C(C)C)c(B2c3ccccc3-n3c4ccccc4c4cccc2c43)c(C(C)C)c1.Cc1cc(C)c(B2c3ccccc3-n3c4cccc(-c5cccc6c5c5cccc7c5n6-c5ccccc5B7c5c(C)cc(C)cc5C)c4c4cccc2c43)c(C)c1.c1ccc(B2c3ccccc3-n3c4ccccc4c4c(N(c5ccccc5)c5ccccc5)ccc2c43)cc1. The van der Waals surface area contributed by atoms with Crippen LogP contribution in [0.25, 0.3) is 121 Å². The molecule has 26 rings (SSSR count). The minimum Gasteiger partial charge on any atom is -0.310 e. The Labute approximate surface area is 775 Å². The summed E-state index contributed by atoms with van der Waals surface area (Å²) < 4.78 is 10.1. The standard InChI is InChI=1S/C54H42B2N2.C36H25BN2.C33H34BN/c1-31-27-33(3)51(34(4)28-31)55-41-19-7-9-23-45(41)57-47-25-13-15-37(49(47)39-17-11-21-43(55)53(39)57)38-16-14-26-48-50(38)40-18-12-22-44-54(40)58(48)46-24-10-8-20-42(46)56(44)52-35(5)29-32(2)30-36(52)6;1-4-14-26(15-5-1)37-30-21-11-13-23-33(30)39-32-22-12-10-20-29(32)35-34(25-24-31(37)36(35)39)38(27-16-6-2-7-17-27)28-18-8-3-9-19-28;1-20(2)23-18-26(21(3)4)32(27(19-23)22(5)6)34-28-14-8-10-17-31(28)35-30-16-9-7-12-24(30)25-13-11-15-29(34)33(25)35/h7-30H,1-6H3;1-25H;7-22H,1-6H3. The van der Waals surface area contributed by atoms with Gasteiger partial charge in [0.25, 0.3) is 0 Å². The fourth-order valence-electron chi connectivity index (χ4n) is 24.6. The van der Waals surface area contributed by atoms with Crippen LogP contribution in [-0.4, -0.2) is 45.1 Å². The predicted molar refractivity (Wildman–Crippen MR) is 572 cm³/mol. The highest BCUT2D eigenvalue weighted by atomic mass is 15.1. The number of fused-ring (bicyclic) bond motifs is 20. The van der Waals surface area contributed by atoms with Gasteiger partial charge in [-0.25, -0.2) is 0 Å². The number of aromatic nitrogens is 4. The molecule has 0 saturated heterocycles. The van der Waals surface area contributed by atoms with Gasteiger partial charge in [-0.2, -0.15) is 0 Å². The highest BCUT2D eigenvalue weighted by Gasteiger charge is 2.42. The molecule has 0 radical (unpaired) electrons. The van der Waals surface area contributed by atoms with E-state index in [2.05, 4.69) is 482 Å². The van der Waals surface area contributed by atoms with E-state index in [4.69, 9.17) is 0 Å². The fraction of sp³-hybridized carbons (Fsp3) is 0.122. The van der Waals surface area contributed by atoms with Crippen molar-refractivity contribution in [3.8, 4) is 33.9 Å². The van der Waals surface area contributed by atoms with Crippen LogP contribution in [0.4, 0.5) is 17.1 Å². The molecule has 0 spiro atoms. The number of aryl methyl sites for hydroxylation is 6. The lowest BCUT2D eigenvalue weighted by atomic mass is 9.33. The molecule has 0 saturated carbocycles. The smallest absolute Gasteiger partial charge is 0.247 e. The lowest BCUT2D eigenvalue weighted by Crippen LogP contribution is -2.58. The Kier molecular flexibility index (Phi) is 19.2. The van der Waals surface area contributed by atoms with Crippen molar-refractivity contribution < 1.29 is 0 Å². The molecule has 0 amide bonds. The lowest BCUT2D eigenvalue weighted by Gasteiger charge is -2.32. The van der Waals surface area contributed by atoms with Gasteiger partial charge in [-0.1, -0.05) is 394 Å². The number of hydrogen-bond donors (Lipinski definition) is 0. The first-order chi connectivity index (χ1) is 64.6. The third-order valence-corrected chi connectivity index (χ3v) is 29.6. The van der Waals surface area contributed by atoms with Gasteiger partial charge in [-0.05, 0) is 210 Å². The molecule has 0 fully saturated rings. The number of nitrogens with zero attached hydrogens (tertiary/aromatic N) is 5. The summed E-state index contributed by atoms with van der Waals surface area (Å²) in [5, 5.41) is 10.5. The molecule has 0 atom stereocenters. The van der Waals surface area contributed by atoms with Crippen LogP contribution in [0.5, 0.6) is 0 Å². The van der Waals surface area contributed by atoms with Gasteiger partial charge in [0.2, 0.25) is 26.9 Å².